The molecule has 0 spiro atoms. The van der Waals surface area contributed by atoms with Gasteiger partial charge in [-0.2, -0.15) is 5.26 Å². The Kier molecular flexibility index (Phi) is 6.56. The molecule has 6 heteroatoms. The number of carbonyl (C=O) groups is 1. The molecule has 0 bridgehead atoms. The number of anilines is 1. The zero-order valence-electron chi connectivity index (χ0n) is 17.1. The normalized spacial score (nSPS) is 24.3. The maximum atomic E-state index is 11.7. The van der Waals surface area contributed by atoms with Gasteiger partial charge in [0.1, 0.15) is 5.78 Å². The van der Waals surface area contributed by atoms with Gasteiger partial charge in [-0.05, 0) is 49.8 Å². The molecule has 1 saturated heterocycles. The van der Waals surface area contributed by atoms with Gasteiger partial charge in [-0.25, -0.2) is 0 Å². The monoisotopic (exact) mass is 397 g/mol. The fourth-order valence-corrected chi connectivity index (χ4v) is 4.95. The number of nitriles is 1. The van der Waals surface area contributed by atoms with Crippen LogP contribution in [0.2, 0.25) is 0 Å². The summed E-state index contributed by atoms with van der Waals surface area (Å²) in [6.45, 7) is 5.70. The van der Waals surface area contributed by atoms with E-state index in [-0.39, 0.29) is 12.2 Å². The second-order valence-electron chi connectivity index (χ2n) is 8.59. The second kappa shape index (κ2) is 9.49. The minimum absolute atomic E-state index is 0.0802. The van der Waals surface area contributed by atoms with Crippen LogP contribution < -0.4 is 14.4 Å². The number of para-hydroxylation sites is 1. The van der Waals surface area contributed by atoms with Crippen LogP contribution in [-0.2, 0) is 4.79 Å². The van der Waals surface area contributed by atoms with Crippen LogP contribution in [0.25, 0.3) is 0 Å². The van der Waals surface area contributed by atoms with Crippen LogP contribution in [0.5, 0.6) is 11.5 Å². The number of hydrogen-bond acceptors (Lipinski definition) is 6. The van der Waals surface area contributed by atoms with Crippen molar-refractivity contribution in [2.24, 2.45) is 11.8 Å². The Labute approximate surface area is 173 Å². The largest absolute Gasteiger partial charge is 0.454 e. The molecular formula is C23H31N3O3. The van der Waals surface area contributed by atoms with Crippen LogP contribution in [0.1, 0.15) is 44.9 Å². The molecule has 3 aliphatic rings. The Morgan fingerprint density at radius 2 is 1.83 bits per heavy atom. The van der Waals surface area contributed by atoms with E-state index in [4.69, 9.17) is 14.7 Å². The molecule has 1 aromatic carbocycles. The van der Waals surface area contributed by atoms with Gasteiger partial charge in [0.05, 0.1) is 18.2 Å². The molecular weight excluding hydrogens is 366 g/mol. The smallest absolute Gasteiger partial charge is 0.231 e. The van der Waals surface area contributed by atoms with Gasteiger partial charge in [0.15, 0.2) is 11.5 Å². The summed E-state index contributed by atoms with van der Waals surface area (Å²) >= 11 is 0. The number of hydrogen-bond donors (Lipinski definition) is 0. The summed E-state index contributed by atoms with van der Waals surface area (Å²) < 4.78 is 11.2. The average Bonchev–Trinajstić information content (AvgIpc) is 3.23. The van der Waals surface area contributed by atoms with Crippen LogP contribution >= 0.6 is 0 Å². The average molecular weight is 398 g/mol. The fraction of sp³-hybridized carbons (Fsp3) is 0.652. The van der Waals surface area contributed by atoms with E-state index in [0.29, 0.717) is 19.1 Å². The summed E-state index contributed by atoms with van der Waals surface area (Å²) in [5.41, 5.74) is 1.16. The third-order valence-electron chi connectivity index (χ3n) is 6.70. The minimum Gasteiger partial charge on any atom is -0.454 e. The van der Waals surface area contributed by atoms with Crippen molar-refractivity contribution in [2.45, 2.75) is 44.9 Å². The number of piperazine rings is 1. The lowest BCUT2D eigenvalue weighted by Crippen LogP contribution is -2.47. The van der Waals surface area contributed by atoms with Gasteiger partial charge in [0, 0.05) is 32.6 Å². The van der Waals surface area contributed by atoms with E-state index in [1.807, 2.05) is 18.2 Å². The first-order valence-corrected chi connectivity index (χ1v) is 11.0. The standard InChI is InChI=1S/C23H31N3O3/c24-10-8-20(27)16-19-6-4-18(5-7-19)9-11-25-12-14-26(15-13-25)21-2-1-3-22-23(21)29-17-28-22/h1-3,18-19H,4-9,11-17H2. The van der Waals surface area contributed by atoms with Gasteiger partial charge >= 0.3 is 0 Å². The minimum atomic E-state index is 0.0802. The van der Waals surface area contributed by atoms with E-state index in [1.165, 1.54) is 25.8 Å². The summed E-state index contributed by atoms with van der Waals surface area (Å²) in [7, 11) is 0. The summed E-state index contributed by atoms with van der Waals surface area (Å²) in [6.07, 6.45) is 6.72. The molecule has 2 fully saturated rings. The van der Waals surface area contributed by atoms with Gasteiger partial charge in [-0.3, -0.25) is 9.69 Å². The number of ketones is 1. The summed E-state index contributed by atoms with van der Waals surface area (Å²) in [4.78, 5) is 16.7. The first-order valence-electron chi connectivity index (χ1n) is 11.0. The molecule has 1 aromatic rings. The number of ether oxygens (including phenoxy) is 2. The number of benzene rings is 1. The molecule has 0 amide bonds. The third-order valence-corrected chi connectivity index (χ3v) is 6.70. The van der Waals surface area contributed by atoms with Crippen molar-refractivity contribution in [2.75, 3.05) is 44.4 Å². The predicted molar refractivity (Wildman–Crippen MR) is 111 cm³/mol. The molecule has 2 aliphatic heterocycles. The van der Waals surface area contributed by atoms with Crippen molar-refractivity contribution < 1.29 is 14.3 Å². The maximum absolute atomic E-state index is 11.7. The van der Waals surface area contributed by atoms with Crippen molar-refractivity contribution >= 4 is 11.5 Å². The molecule has 0 aromatic heterocycles. The van der Waals surface area contributed by atoms with E-state index in [9.17, 15) is 4.79 Å². The third kappa shape index (κ3) is 5.02. The number of carbonyl (C=O) groups excluding carboxylic acids is 1. The molecule has 29 heavy (non-hydrogen) atoms. The Hall–Kier alpha value is -2.26. The van der Waals surface area contributed by atoms with E-state index in [2.05, 4.69) is 15.9 Å². The highest BCUT2D eigenvalue weighted by Gasteiger charge is 2.26. The Bertz CT molecular complexity index is 744. The van der Waals surface area contributed by atoms with Crippen LogP contribution in [0, 0.1) is 23.2 Å². The van der Waals surface area contributed by atoms with E-state index in [0.717, 1.165) is 62.1 Å². The fourth-order valence-electron chi connectivity index (χ4n) is 4.95. The lowest BCUT2D eigenvalue weighted by Gasteiger charge is -2.37. The maximum Gasteiger partial charge on any atom is 0.231 e. The number of Topliss-reactive ketones (excluding diaryl/α,β-unsaturated/α-hetero) is 1. The predicted octanol–water partition coefficient (Wildman–Crippen LogP) is 3.61. The van der Waals surface area contributed by atoms with Gasteiger partial charge in [0.25, 0.3) is 0 Å². The van der Waals surface area contributed by atoms with Gasteiger partial charge in [-0.15, -0.1) is 0 Å². The Morgan fingerprint density at radius 3 is 2.59 bits per heavy atom. The van der Waals surface area contributed by atoms with E-state index >= 15 is 0 Å². The van der Waals surface area contributed by atoms with Crippen molar-refractivity contribution in [3.8, 4) is 17.6 Å². The second-order valence-corrected chi connectivity index (χ2v) is 8.59. The van der Waals surface area contributed by atoms with E-state index in [1.54, 1.807) is 0 Å². The lowest BCUT2D eigenvalue weighted by molar-refractivity contribution is -0.119. The Morgan fingerprint density at radius 1 is 1.07 bits per heavy atom. The number of rotatable bonds is 7. The lowest BCUT2D eigenvalue weighted by atomic mass is 9.78. The van der Waals surface area contributed by atoms with Crippen LogP contribution in [0.3, 0.4) is 0 Å². The molecule has 4 rings (SSSR count). The van der Waals surface area contributed by atoms with Gasteiger partial charge in [-0.1, -0.05) is 18.9 Å². The van der Waals surface area contributed by atoms with Crippen molar-refractivity contribution in [1.82, 2.24) is 4.90 Å². The first kappa shape index (κ1) is 20.0. The molecule has 2 heterocycles. The summed E-state index contributed by atoms with van der Waals surface area (Å²) in [5.74, 6) is 3.17. The molecule has 0 unspecified atom stereocenters. The van der Waals surface area contributed by atoms with Crippen molar-refractivity contribution in [3.63, 3.8) is 0 Å². The van der Waals surface area contributed by atoms with Crippen molar-refractivity contribution in [3.05, 3.63) is 18.2 Å². The highest BCUT2D eigenvalue weighted by atomic mass is 16.7. The zero-order valence-corrected chi connectivity index (χ0v) is 17.1. The summed E-state index contributed by atoms with van der Waals surface area (Å²) in [6, 6.07) is 8.11. The molecule has 1 saturated carbocycles. The van der Waals surface area contributed by atoms with Gasteiger partial charge < -0.3 is 14.4 Å². The van der Waals surface area contributed by atoms with E-state index < -0.39 is 0 Å². The highest BCUT2D eigenvalue weighted by Crippen LogP contribution is 2.41. The molecule has 156 valence electrons. The van der Waals surface area contributed by atoms with Crippen LogP contribution in [0.4, 0.5) is 5.69 Å². The number of nitrogens with zero attached hydrogens (tertiary/aromatic N) is 3. The first-order chi connectivity index (χ1) is 14.2. The molecule has 0 radical (unpaired) electrons. The van der Waals surface area contributed by atoms with Crippen LogP contribution in [-0.4, -0.2) is 50.2 Å². The molecule has 0 N–H and O–H groups in total. The Balaban J connectivity index is 1.17. The SMILES string of the molecule is N#CCC(=O)CC1CCC(CCN2CCN(c3cccc4c3OCO4)CC2)CC1. The zero-order chi connectivity index (χ0) is 20.1. The molecule has 6 nitrogen and oxygen atoms in total. The van der Waals surface area contributed by atoms with Gasteiger partial charge in [0.2, 0.25) is 6.79 Å². The topological polar surface area (TPSA) is 65.8 Å². The molecule has 1 aliphatic carbocycles. The quantitative estimate of drug-likeness (QED) is 0.700. The highest BCUT2D eigenvalue weighted by molar-refractivity contribution is 5.80. The summed E-state index contributed by atoms with van der Waals surface area (Å²) in [5, 5.41) is 8.63. The van der Waals surface area contributed by atoms with Crippen LogP contribution in [0.15, 0.2) is 18.2 Å². The van der Waals surface area contributed by atoms with Crippen molar-refractivity contribution in [1.29, 1.82) is 5.26 Å². The number of fused-ring (bicyclic) bond motifs is 1. The molecule has 0 atom stereocenters.